The lowest BCUT2D eigenvalue weighted by Gasteiger charge is -2.23. The normalized spacial score (nSPS) is 13.2. The second-order valence-corrected chi connectivity index (χ2v) is 6.22. The summed E-state index contributed by atoms with van der Waals surface area (Å²) in [6.07, 6.45) is 3.63. The number of rotatable bonds is 9. The molecule has 1 aromatic rings. The first kappa shape index (κ1) is 17.2. The summed E-state index contributed by atoms with van der Waals surface area (Å²) in [5.41, 5.74) is 1.26. The topological polar surface area (TPSA) is 12.0 Å². The van der Waals surface area contributed by atoms with Gasteiger partial charge in [0.15, 0.2) is 0 Å². The highest BCUT2D eigenvalue weighted by Gasteiger charge is 2.16. The minimum atomic E-state index is -0.148. The Morgan fingerprint density at radius 3 is 2.10 bits per heavy atom. The predicted octanol–water partition coefficient (Wildman–Crippen LogP) is 4.98. The standard InChI is InChI=1S/C18H30FN/c1-5-15(6-2)11-17(13-20-12-14(3)4)16-7-9-18(19)10-8-16/h7-10,14-15,17,20H,5-6,11-13H2,1-4H3. The molecule has 2 heteroatoms. The molecule has 1 rings (SSSR count). The average molecular weight is 279 g/mol. The minimum absolute atomic E-state index is 0.148. The Hall–Kier alpha value is -0.890. The van der Waals surface area contributed by atoms with Crippen LogP contribution in [0.25, 0.3) is 0 Å². The highest BCUT2D eigenvalue weighted by Crippen LogP contribution is 2.27. The van der Waals surface area contributed by atoms with Crippen molar-refractivity contribution in [3.8, 4) is 0 Å². The molecule has 1 unspecified atom stereocenters. The zero-order valence-electron chi connectivity index (χ0n) is 13.5. The molecule has 0 fully saturated rings. The molecule has 0 bridgehead atoms. The van der Waals surface area contributed by atoms with Gasteiger partial charge in [-0.1, -0.05) is 52.7 Å². The summed E-state index contributed by atoms with van der Waals surface area (Å²) in [5, 5.41) is 3.56. The molecule has 0 spiro atoms. The fraction of sp³-hybridized carbons (Fsp3) is 0.667. The van der Waals surface area contributed by atoms with Crippen molar-refractivity contribution in [3.05, 3.63) is 35.6 Å². The van der Waals surface area contributed by atoms with Gasteiger partial charge >= 0.3 is 0 Å². The maximum Gasteiger partial charge on any atom is 0.123 e. The predicted molar refractivity (Wildman–Crippen MR) is 85.5 cm³/mol. The quantitative estimate of drug-likeness (QED) is 0.672. The van der Waals surface area contributed by atoms with E-state index in [9.17, 15) is 4.39 Å². The van der Waals surface area contributed by atoms with Crippen LogP contribution in [0.3, 0.4) is 0 Å². The van der Waals surface area contributed by atoms with Crippen molar-refractivity contribution >= 4 is 0 Å². The molecule has 114 valence electrons. The third-order valence-corrected chi connectivity index (χ3v) is 4.06. The van der Waals surface area contributed by atoms with Gasteiger partial charge in [-0.3, -0.25) is 0 Å². The second kappa shape index (κ2) is 9.12. The molecular formula is C18H30FN. The molecule has 0 radical (unpaired) electrons. The molecule has 0 aliphatic rings. The lowest BCUT2D eigenvalue weighted by molar-refractivity contribution is 0.392. The van der Waals surface area contributed by atoms with Crippen LogP contribution in [-0.2, 0) is 0 Å². The second-order valence-electron chi connectivity index (χ2n) is 6.22. The van der Waals surface area contributed by atoms with E-state index in [1.54, 1.807) is 12.1 Å². The molecule has 1 nitrogen and oxygen atoms in total. The summed E-state index contributed by atoms with van der Waals surface area (Å²) >= 11 is 0. The molecule has 20 heavy (non-hydrogen) atoms. The van der Waals surface area contributed by atoms with Gasteiger partial charge in [-0.05, 0) is 48.4 Å². The van der Waals surface area contributed by atoms with Crippen molar-refractivity contribution in [2.24, 2.45) is 11.8 Å². The van der Waals surface area contributed by atoms with Gasteiger partial charge in [-0.15, -0.1) is 0 Å². The molecule has 0 amide bonds. The van der Waals surface area contributed by atoms with Crippen LogP contribution in [0.5, 0.6) is 0 Å². The van der Waals surface area contributed by atoms with Crippen LogP contribution in [0.15, 0.2) is 24.3 Å². The lowest BCUT2D eigenvalue weighted by atomic mass is 9.86. The highest BCUT2D eigenvalue weighted by molar-refractivity contribution is 5.21. The summed E-state index contributed by atoms with van der Waals surface area (Å²) in [4.78, 5) is 0. The number of hydrogen-bond acceptors (Lipinski definition) is 1. The van der Waals surface area contributed by atoms with Crippen LogP contribution >= 0.6 is 0 Å². The van der Waals surface area contributed by atoms with Crippen molar-refractivity contribution in [3.63, 3.8) is 0 Å². The summed E-state index contributed by atoms with van der Waals surface area (Å²) in [6, 6.07) is 7.05. The third-order valence-electron chi connectivity index (χ3n) is 4.06. The van der Waals surface area contributed by atoms with Gasteiger partial charge in [0, 0.05) is 6.54 Å². The van der Waals surface area contributed by atoms with Gasteiger partial charge in [-0.25, -0.2) is 4.39 Å². The van der Waals surface area contributed by atoms with E-state index in [0.29, 0.717) is 11.8 Å². The highest BCUT2D eigenvalue weighted by atomic mass is 19.1. The Balaban J connectivity index is 2.69. The maximum atomic E-state index is 13.1. The van der Waals surface area contributed by atoms with Crippen molar-refractivity contribution in [1.82, 2.24) is 5.32 Å². The van der Waals surface area contributed by atoms with Gasteiger partial charge in [0.25, 0.3) is 0 Å². The van der Waals surface area contributed by atoms with E-state index >= 15 is 0 Å². The molecule has 1 atom stereocenters. The molecule has 0 saturated carbocycles. The Labute approximate surface area is 124 Å². The number of benzene rings is 1. The number of hydrogen-bond donors (Lipinski definition) is 1. The summed E-state index contributed by atoms with van der Waals surface area (Å²) < 4.78 is 13.1. The SMILES string of the molecule is CCC(CC)CC(CNCC(C)C)c1ccc(F)cc1. The summed E-state index contributed by atoms with van der Waals surface area (Å²) in [6.45, 7) is 11.0. The maximum absolute atomic E-state index is 13.1. The van der Waals surface area contributed by atoms with Gasteiger partial charge in [-0.2, -0.15) is 0 Å². The molecular weight excluding hydrogens is 249 g/mol. The molecule has 0 aliphatic heterocycles. The molecule has 1 N–H and O–H groups in total. The average Bonchev–Trinajstić information content (AvgIpc) is 2.43. The Morgan fingerprint density at radius 1 is 1.00 bits per heavy atom. The van der Waals surface area contributed by atoms with E-state index in [1.807, 2.05) is 12.1 Å². The smallest absolute Gasteiger partial charge is 0.123 e. The summed E-state index contributed by atoms with van der Waals surface area (Å²) in [7, 11) is 0. The first-order chi connectivity index (χ1) is 9.56. The molecule has 1 aromatic carbocycles. The van der Waals surface area contributed by atoms with E-state index in [4.69, 9.17) is 0 Å². The van der Waals surface area contributed by atoms with E-state index < -0.39 is 0 Å². The number of halogens is 1. The van der Waals surface area contributed by atoms with E-state index in [-0.39, 0.29) is 5.82 Å². The van der Waals surface area contributed by atoms with E-state index in [0.717, 1.165) is 19.0 Å². The monoisotopic (exact) mass is 279 g/mol. The minimum Gasteiger partial charge on any atom is -0.316 e. The molecule has 0 aliphatic carbocycles. The van der Waals surface area contributed by atoms with E-state index in [1.165, 1.54) is 24.8 Å². The van der Waals surface area contributed by atoms with Crippen LogP contribution in [0, 0.1) is 17.7 Å². The van der Waals surface area contributed by atoms with E-state index in [2.05, 4.69) is 33.0 Å². The van der Waals surface area contributed by atoms with Crippen LogP contribution < -0.4 is 5.32 Å². The zero-order valence-corrected chi connectivity index (χ0v) is 13.5. The Bertz CT molecular complexity index is 354. The van der Waals surface area contributed by atoms with Gasteiger partial charge in [0.2, 0.25) is 0 Å². The van der Waals surface area contributed by atoms with Crippen molar-refractivity contribution in [2.45, 2.75) is 52.9 Å². The first-order valence-electron chi connectivity index (χ1n) is 8.02. The lowest BCUT2D eigenvalue weighted by Crippen LogP contribution is -2.26. The van der Waals surface area contributed by atoms with Crippen LogP contribution in [-0.4, -0.2) is 13.1 Å². The molecule has 0 aromatic heterocycles. The van der Waals surface area contributed by atoms with Crippen molar-refractivity contribution < 1.29 is 4.39 Å². The summed E-state index contributed by atoms with van der Waals surface area (Å²) in [5.74, 6) is 1.76. The van der Waals surface area contributed by atoms with Crippen molar-refractivity contribution in [2.75, 3.05) is 13.1 Å². The largest absolute Gasteiger partial charge is 0.316 e. The fourth-order valence-corrected chi connectivity index (χ4v) is 2.64. The Morgan fingerprint density at radius 2 is 1.60 bits per heavy atom. The number of nitrogens with one attached hydrogen (secondary N) is 1. The van der Waals surface area contributed by atoms with Crippen LogP contribution in [0.2, 0.25) is 0 Å². The van der Waals surface area contributed by atoms with Gasteiger partial charge in [0.05, 0.1) is 0 Å². The van der Waals surface area contributed by atoms with Crippen molar-refractivity contribution in [1.29, 1.82) is 0 Å². The Kier molecular flexibility index (Phi) is 7.83. The molecule has 0 heterocycles. The van der Waals surface area contributed by atoms with Gasteiger partial charge < -0.3 is 5.32 Å². The third kappa shape index (κ3) is 6.04. The van der Waals surface area contributed by atoms with Crippen LogP contribution in [0.4, 0.5) is 4.39 Å². The fourth-order valence-electron chi connectivity index (χ4n) is 2.64. The molecule has 0 saturated heterocycles. The van der Waals surface area contributed by atoms with Gasteiger partial charge in [0.1, 0.15) is 5.82 Å². The van der Waals surface area contributed by atoms with Crippen LogP contribution in [0.1, 0.15) is 58.4 Å². The first-order valence-corrected chi connectivity index (χ1v) is 8.02. The zero-order chi connectivity index (χ0) is 15.0.